The van der Waals surface area contributed by atoms with Gasteiger partial charge in [-0.3, -0.25) is 4.79 Å². The van der Waals surface area contributed by atoms with E-state index in [2.05, 4.69) is 19.5 Å². The molecule has 0 unspecified atom stereocenters. The molecular formula is C18H26N4O12S. The minimum atomic E-state index is -4.56. The zero-order valence-electron chi connectivity index (χ0n) is 18.5. The first-order chi connectivity index (χ1) is 16.6. The Kier molecular flexibility index (Phi) is 10.9. The quantitative estimate of drug-likeness (QED) is 0.0833. The molecule has 196 valence electrons. The van der Waals surface area contributed by atoms with Gasteiger partial charge in [-0.2, -0.15) is 8.42 Å². The van der Waals surface area contributed by atoms with Crippen molar-refractivity contribution in [3.8, 4) is 11.5 Å². The van der Waals surface area contributed by atoms with Crippen LogP contribution in [0.5, 0.6) is 11.5 Å². The molecular weight excluding hydrogens is 496 g/mol. The summed E-state index contributed by atoms with van der Waals surface area (Å²) in [5.74, 6) is -1.46. The molecule has 1 saturated heterocycles. The largest absolute Gasteiger partial charge is 0.458 e. The van der Waals surface area contributed by atoms with Crippen LogP contribution in [0.25, 0.3) is 10.4 Å². The van der Waals surface area contributed by atoms with Crippen molar-refractivity contribution in [2.45, 2.75) is 30.7 Å². The van der Waals surface area contributed by atoms with Crippen molar-refractivity contribution in [2.75, 3.05) is 40.0 Å². The third kappa shape index (κ3) is 8.17. The van der Waals surface area contributed by atoms with Crippen LogP contribution in [0.1, 0.15) is 10.4 Å². The van der Waals surface area contributed by atoms with Gasteiger partial charge in [0.05, 0.1) is 26.9 Å². The molecule has 5 N–H and O–H groups in total. The monoisotopic (exact) mass is 522 g/mol. The Hall–Kier alpha value is -2.73. The number of aliphatic hydroxyl groups is 4. The first kappa shape index (κ1) is 28.5. The Morgan fingerprint density at radius 2 is 1.94 bits per heavy atom. The molecule has 2 rings (SSSR count). The van der Waals surface area contributed by atoms with E-state index in [-0.39, 0.29) is 37.6 Å². The lowest BCUT2D eigenvalue weighted by Gasteiger charge is -2.39. The zero-order valence-corrected chi connectivity index (χ0v) is 19.3. The highest BCUT2D eigenvalue weighted by atomic mass is 32.3. The number of ether oxygens (including phenoxy) is 3. The van der Waals surface area contributed by atoms with E-state index in [9.17, 15) is 33.6 Å². The minimum absolute atomic E-state index is 0.0402. The van der Waals surface area contributed by atoms with Crippen molar-refractivity contribution in [2.24, 2.45) is 5.11 Å². The van der Waals surface area contributed by atoms with Gasteiger partial charge in [-0.25, -0.2) is 4.18 Å². The molecule has 0 radical (unpaired) electrons. The highest BCUT2D eigenvalue weighted by Gasteiger charge is 2.45. The van der Waals surface area contributed by atoms with Crippen LogP contribution in [0.15, 0.2) is 23.3 Å². The smallest absolute Gasteiger partial charge is 0.448 e. The molecule has 1 aromatic carbocycles. The van der Waals surface area contributed by atoms with Crippen LogP contribution in [0.3, 0.4) is 0 Å². The van der Waals surface area contributed by atoms with Crippen molar-refractivity contribution in [1.29, 1.82) is 0 Å². The average molecular weight is 522 g/mol. The molecule has 16 nitrogen and oxygen atoms in total. The van der Waals surface area contributed by atoms with Crippen molar-refractivity contribution < 1.29 is 56.2 Å². The first-order valence-electron chi connectivity index (χ1n) is 10.1. The van der Waals surface area contributed by atoms with Crippen LogP contribution in [0.4, 0.5) is 0 Å². The van der Waals surface area contributed by atoms with Crippen molar-refractivity contribution in [3.63, 3.8) is 0 Å². The first-order valence-corrected chi connectivity index (χ1v) is 11.4. The van der Waals surface area contributed by atoms with E-state index in [1.807, 2.05) is 0 Å². The summed E-state index contributed by atoms with van der Waals surface area (Å²) in [4.78, 5) is 15.0. The predicted molar refractivity (Wildman–Crippen MR) is 115 cm³/mol. The molecule has 0 aliphatic carbocycles. The van der Waals surface area contributed by atoms with E-state index in [0.717, 1.165) is 19.2 Å². The third-order valence-corrected chi connectivity index (χ3v) is 5.42. The van der Waals surface area contributed by atoms with Gasteiger partial charge in [0, 0.05) is 23.6 Å². The molecule has 1 heterocycles. The third-order valence-electron chi connectivity index (χ3n) is 4.62. The van der Waals surface area contributed by atoms with Gasteiger partial charge < -0.3 is 44.1 Å². The Balaban J connectivity index is 2.16. The molecule has 5 atom stereocenters. The predicted octanol–water partition coefficient (Wildman–Crippen LogP) is -1.81. The number of aliphatic hydroxyl groups excluding tert-OH is 4. The number of nitrogens with one attached hydrogen (secondary N) is 1. The summed E-state index contributed by atoms with van der Waals surface area (Å²) >= 11 is 0. The van der Waals surface area contributed by atoms with Crippen LogP contribution in [0.2, 0.25) is 0 Å². The second-order valence-corrected chi connectivity index (χ2v) is 8.27. The van der Waals surface area contributed by atoms with Gasteiger partial charge in [0.25, 0.3) is 5.91 Å². The van der Waals surface area contributed by atoms with Gasteiger partial charge in [0.15, 0.2) is 11.5 Å². The zero-order chi connectivity index (χ0) is 26.0. The van der Waals surface area contributed by atoms with Crippen LogP contribution >= 0.6 is 0 Å². The Labute approximate surface area is 199 Å². The normalized spacial score (nSPS) is 24.3. The van der Waals surface area contributed by atoms with E-state index in [1.165, 1.54) is 6.07 Å². The van der Waals surface area contributed by atoms with Gasteiger partial charge in [0.2, 0.25) is 6.29 Å². The topological polar surface area (TPSA) is 239 Å². The van der Waals surface area contributed by atoms with Crippen LogP contribution < -0.4 is 14.2 Å². The maximum Gasteiger partial charge on any atom is 0.448 e. The number of hydrogen-bond acceptors (Lipinski definition) is 13. The van der Waals surface area contributed by atoms with Crippen LogP contribution in [0, 0.1) is 0 Å². The Morgan fingerprint density at radius 3 is 2.60 bits per heavy atom. The number of carbonyl (C=O) groups excluding carboxylic acids is 1. The maximum absolute atomic E-state index is 12.4. The Morgan fingerprint density at radius 1 is 1.20 bits per heavy atom. The van der Waals surface area contributed by atoms with E-state index >= 15 is 0 Å². The van der Waals surface area contributed by atoms with Gasteiger partial charge in [-0.05, 0) is 23.7 Å². The fourth-order valence-corrected chi connectivity index (χ4v) is 3.25. The SMILES string of the molecule is COS(=O)(=O)Oc1cc(C(=O)NCCOCCN=[N+]=[N-])ccc1O[C@H]1O[C@H](CO)[C@H](O)[C@H](O)[C@H]1O. The molecule has 0 aromatic heterocycles. The number of hydrogen-bond donors (Lipinski definition) is 5. The van der Waals surface area contributed by atoms with Gasteiger partial charge in [0.1, 0.15) is 24.4 Å². The summed E-state index contributed by atoms with van der Waals surface area (Å²) in [6.45, 7) is -0.205. The second kappa shape index (κ2) is 13.4. The van der Waals surface area contributed by atoms with Crippen molar-refractivity contribution in [1.82, 2.24) is 5.32 Å². The summed E-state index contributed by atoms with van der Waals surface area (Å²) in [5.41, 5.74) is 8.14. The van der Waals surface area contributed by atoms with Crippen molar-refractivity contribution >= 4 is 16.3 Å². The lowest BCUT2D eigenvalue weighted by atomic mass is 9.99. The maximum atomic E-state index is 12.4. The number of amides is 1. The summed E-state index contributed by atoms with van der Waals surface area (Å²) in [5, 5.41) is 45.1. The molecule has 1 aromatic rings. The summed E-state index contributed by atoms with van der Waals surface area (Å²) in [6.07, 6.45) is -8.06. The lowest BCUT2D eigenvalue weighted by Crippen LogP contribution is -2.60. The minimum Gasteiger partial charge on any atom is -0.458 e. The van der Waals surface area contributed by atoms with Gasteiger partial charge in [-0.15, -0.1) is 0 Å². The van der Waals surface area contributed by atoms with E-state index in [1.54, 1.807) is 0 Å². The number of rotatable bonds is 13. The molecule has 1 fully saturated rings. The van der Waals surface area contributed by atoms with E-state index in [0.29, 0.717) is 0 Å². The van der Waals surface area contributed by atoms with Gasteiger partial charge >= 0.3 is 10.4 Å². The standard InChI is InChI=1S/C18H26N4O12S/c1-30-35(28,29)34-12-8-10(17(27)20-4-6-31-7-5-21-22-19)2-3-11(12)32-18-16(26)15(25)14(24)13(9-23)33-18/h2-3,8,13-16,18,23-26H,4-7,9H2,1H3,(H,20,27)/t13-,14+,15+,16-,18+/m1/s1. The van der Waals surface area contributed by atoms with Crippen LogP contribution in [-0.4, -0.2) is 105 Å². The summed E-state index contributed by atoms with van der Waals surface area (Å²) < 4.78 is 48.6. The molecule has 0 spiro atoms. The molecule has 0 saturated carbocycles. The molecule has 1 aliphatic rings. The molecule has 1 aliphatic heterocycles. The van der Waals surface area contributed by atoms with Crippen molar-refractivity contribution in [3.05, 3.63) is 34.2 Å². The van der Waals surface area contributed by atoms with E-state index < -0.39 is 59.4 Å². The highest BCUT2D eigenvalue weighted by Crippen LogP contribution is 2.33. The fourth-order valence-electron chi connectivity index (χ4n) is 2.84. The van der Waals surface area contributed by atoms with Gasteiger partial charge in [-0.1, -0.05) is 5.11 Å². The molecule has 35 heavy (non-hydrogen) atoms. The summed E-state index contributed by atoms with van der Waals surface area (Å²) in [6, 6.07) is 3.42. The fraction of sp³-hybridized carbons (Fsp3) is 0.611. The number of benzene rings is 1. The molecule has 17 heteroatoms. The highest BCUT2D eigenvalue weighted by molar-refractivity contribution is 7.82. The van der Waals surface area contributed by atoms with Crippen LogP contribution in [-0.2, 0) is 24.1 Å². The second-order valence-electron chi connectivity index (χ2n) is 6.96. The Bertz CT molecular complexity index is 1000. The average Bonchev–Trinajstić information content (AvgIpc) is 2.84. The molecule has 1 amide bonds. The van der Waals surface area contributed by atoms with E-state index in [4.69, 9.17) is 23.9 Å². The number of carbonyl (C=O) groups is 1. The molecule has 0 bridgehead atoms. The number of azide groups is 1. The summed E-state index contributed by atoms with van der Waals surface area (Å²) in [7, 11) is -3.72. The number of nitrogens with zero attached hydrogens (tertiary/aromatic N) is 3. The lowest BCUT2D eigenvalue weighted by molar-refractivity contribution is -0.277.